The molecule has 0 saturated carbocycles. The molecule has 0 aliphatic carbocycles. The number of aromatic nitrogens is 2. The molecule has 1 aromatic carbocycles. The lowest BCUT2D eigenvalue weighted by Crippen LogP contribution is -2.17. The first-order valence-corrected chi connectivity index (χ1v) is 10.0. The maximum atomic E-state index is 12.7. The standard InChI is InChI=1S/C19H29N3O2S/c1-8-19(5,6)14-9-11-15(12-10-14)25(23,24)21-17-13-16(18(2,3)4)20-22(17)7/h9-13,21H,8H2,1-7H3. The number of rotatable bonds is 5. The summed E-state index contributed by atoms with van der Waals surface area (Å²) in [5.74, 6) is 0.461. The molecule has 138 valence electrons. The van der Waals surface area contributed by atoms with Crippen molar-refractivity contribution in [2.24, 2.45) is 7.05 Å². The molecule has 0 amide bonds. The molecule has 0 fully saturated rings. The van der Waals surface area contributed by atoms with E-state index in [4.69, 9.17) is 0 Å². The lowest BCUT2D eigenvalue weighted by molar-refractivity contribution is 0.506. The number of sulfonamides is 1. The molecule has 0 unspecified atom stereocenters. The van der Waals surface area contributed by atoms with Crippen LogP contribution in [-0.4, -0.2) is 18.2 Å². The van der Waals surface area contributed by atoms with Crippen molar-refractivity contribution >= 4 is 15.8 Å². The van der Waals surface area contributed by atoms with Gasteiger partial charge in [0.05, 0.1) is 10.6 Å². The van der Waals surface area contributed by atoms with Gasteiger partial charge in [-0.2, -0.15) is 5.10 Å². The van der Waals surface area contributed by atoms with E-state index in [9.17, 15) is 8.42 Å². The van der Waals surface area contributed by atoms with Gasteiger partial charge in [-0.25, -0.2) is 8.42 Å². The number of nitrogens with zero attached hydrogens (tertiary/aromatic N) is 2. The van der Waals surface area contributed by atoms with Crippen molar-refractivity contribution in [3.63, 3.8) is 0 Å². The Labute approximate surface area is 151 Å². The molecule has 0 aliphatic rings. The van der Waals surface area contributed by atoms with Crippen LogP contribution in [0, 0.1) is 0 Å². The monoisotopic (exact) mass is 363 g/mol. The van der Waals surface area contributed by atoms with Crippen LogP contribution in [0.4, 0.5) is 5.82 Å². The van der Waals surface area contributed by atoms with Crippen molar-refractivity contribution in [3.05, 3.63) is 41.6 Å². The quantitative estimate of drug-likeness (QED) is 0.865. The van der Waals surface area contributed by atoms with E-state index in [1.165, 1.54) is 0 Å². The van der Waals surface area contributed by atoms with Gasteiger partial charge in [-0.3, -0.25) is 9.40 Å². The maximum absolute atomic E-state index is 12.7. The maximum Gasteiger partial charge on any atom is 0.263 e. The predicted octanol–water partition coefficient (Wildman–Crippen LogP) is 4.21. The molecule has 0 aliphatic heterocycles. The van der Waals surface area contributed by atoms with Crippen LogP contribution < -0.4 is 4.72 Å². The third-order valence-electron chi connectivity index (χ3n) is 4.72. The number of hydrogen-bond acceptors (Lipinski definition) is 3. The average Bonchev–Trinajstić information content (AvgIpc) is 2.88. The highest BCUT2D eigenvalue weighted by Gasteiger charge is 2.23. The van der Waals surface area contributed by atoms with Gasteiger partial charge in [0.2, 0.25) is 0 Å². The molecule has 0 bridgehead atoms. The zero-order valence-corrected chi connectivity index (χ0v) is 17.0. The Hall–Kier alpha value is -1.82. The Balaban J connectivity index is 2.30. The van der Waals surface area contributed by atoms with Crippen molar-refractivity contribution in [1.82, 2.24) is 9.78 Å². The highest BCUT2D eigenvalue weighted by Crippen LogP contribution is 2.28. The second-order valence-corrected chi connectivity index (χ2v) is 9.84. The Bertz CT molecular complexity index is 842. The molecule has 25 heavy (non-hydrogen) atoms. The first kappa shape index (κ1) is 19.5. The van der Waals surface area contributed by atoms with Crippen molar-refractivity contribution in [2.75, 3.05) is 4.72 Å². The number of aryl methyl sites for hydroxylation is 1. The molecular formula is C19H29N3O2S. The van der Waals surface area contributed by atoms with Gasteiger partial charge < -0.3 is 0 Å². The van der Waals surface area contributed by atoms with Crippen LogP contribution in [0.5, 0.6) is 0 Å². The molecule has 1 aromatic heterocycles. The van der Waals surface area contributed by atoms with E-state index in [0.717, 1.165) is 17.7 Å². The van der Waals surface area contributed by atoms with Gasteiger partial charge in [0, 0.05) is 18.5 Å². The van der Waals surface area contributed by atoms with E-state index in [1.54, 1.807) is 29.9 Å². The molecular weight excluding hydrogens is 334 g/mol. The Kier molecular flexibility index (Phi) is 5.06. The molecule has 0 saturated heterocycles. The molecule has 1 heterocycles. The van der Waals surface area contributed by atoms with Gasteiger partial charge in [0.25, 0.3) is 10.0 Å². The summed E-state index contributed by atoms with van der Waals surface area (Å²) in [4.78, 5) is 0.252. The minimum absolute atomic E-state index is 0.0272. The molecule has 0 spiro atoms. The lowest BCUT2D eigenvalue weighted by Gasteiger charge is -2.23. The smallest absolute Gasteiger partial charge is 0.263 e. The molecule has 2 rings (SSSR count). The van der Waals surface area contributed by atoms with Crippen LogP contribution in [0.25, 0.3) is 0 Å². The summed E-state index contributed by atoms with van der Waals surface area (Å²) in [6.07, 6.45) is 0.988. The Morgan fingerprint density at radius 1 is 1.08 bits per heavy atom. The molecule has 0 radical (unpaired) electrons. The van der Waals surface area contributed by atoms with Crippen molar-refractivity contribution in [2.45, 2.75) is 63.7 Å². The second kappa shape index (κ2) is 6.48. The first-order chi connectivity index (χ1) is 11.4. The molecule has 6 heteroatoms. The lowest BCUT2D eigenvalue weighted by atomic mass is 9.82. The van der Waals surface area contributed by atoms with Crippen LogP contribution >= 0.6 is 0 Å². The first-order valence-electron chi connectivity index (χ1n) is 8.55. The third kappa shape index (κ3) is 4.24. The molecule has 2 aromatic rings. The zero-order chi connectivity index (χ0) is 19.0. The van der Waals surface area contributed by atoms with Gasteiger partial charge in [-0.05, 0) is 29.5 Å². The van der Waals surface area contributed by atoms with Crippen LogP contribution in [0.3, 0.4) is 0 Å². The summed E-state index contributed by atoms with van der Waals surface area (Å²) in [5, 5.41) is 4.41. The number of anilines is 1. The summed E-state index contributed by atoms with van der Waals surface area (Å²) < 4.78 is 29.6. The van der Waals surface area contributed by atoms with Crippen molar-refractivity contribution in [1.29, 1.82) is 0 Å². The Morgan fingerprint density at radius 3 is 2.08 bits per heavy atom. The van der Waals surface area contributed by atoms with E-state index in [0.29, 0.717) is 5.82 Å². The molecule has 5 nitrogen and oxygen atoms in total. The average molecular weight is 364 g/mol. The number of hydrogen-bond donors (Lipinski definition) is 1. The van der Waals surface area contributed by atoms with Gasteiger partial charge in [0.15, 0.2) is 0 Å². The fraction of sp³-hybridized carbons (Fsp3) is 0.526. The summed E-state index contributed by atoms with van der Waals surface area (Å²) in [6.45, 7) is 12.6. The van der Waals surface area contributed by atoms with E-state index in [-0.39, 0.29) is 15.7 Å². The summed E-state index contributed by atoms with van der Waals surface area (Å²) in [5.41, 5.74) is 1.85. The summed E-state index contributed by atoms with van der Waals surface area (Å²) >= 11 is 0. The minimum atomic E-state index is -3.65. The van der Waals surface area contributed by atoms with Gasteiger partial charge in [-0.1, -0.05) is 53.7 Å². The summed E-state index contributed by atoms with van der Waals surface area (Å²) in [7, 11) is -1.91. The van der Waals surface area contributed by atoms with E-state index in [2.05, 4.69) is 30.6 Å². The second-order valence-electron chi connectivity index (χ2n) is 8.16. The highest BCUT2D eigenvalue weighted by atomic mass is 32.2. The van der Waals surface area contributed by atoms with Crippen LogP contribution in [0.15, 0.2) is 35.2 Å². The van der Waals surface area contributed by atoms with Crippen LogP contribution in [0.1, 0.15) is 59.2 Å². The van der Waals surface area contributed by atoms with Crippen LogP contribution in [-0.2, 0) is 27.9 Å². The number of nitrogens with one attached hydrogen (secondary N) is 1. The van der Waals surface area contributed by atoms with Crippen LogP contribution in [0.2, 0.25) is 0 Å². The van der Waals surface area contributed by atoms with E-state index < -0.39 is 10.0 Å². The SMILES string of the molecule is CCC(C)(C)c1ccc(S(=O)(=O)Nc2cc(C(C)(C)C)nn2C)cc1. The van der Waals surface area contributed by atoms with Gasteiger partial charge >= 0.3 is 0 Å². The molecule has 1 N–H and O–H groups in total. The van der Waals surface area contributed by atoms with Crippen molar-refractivity contribution in [3.8, 4) is 0 Å². The minimum Gasteiger partial charge on any atom is -0.264 e. The van der Waals surface area contributed by atoms with Gasteiger partial charge in [0.1, 0.15) is 5.82 Å². The Morgan fingerprint density at radius 2 is 1.64 bits per heavy atom. The van der Waals surface area contributed by atoms with Gasteiger partial charge in [-0.15, -0.1) is 0 Å². The van der Waals surface area contributed by atoms with Crippen molar-refractivity contribution < 1.29 is 8.42 Å². The van der Waals surface area contributed by atoms with E-state index in [1.807, 2.05) is 32.9 Å². The van der Waals surface area contributed by atoms with E-state index >= 15 is 0 Å². The predicted molar refractivity (Wildman–Crippen MR) is 102 cm³/mol. The zero-order valence-electron chi connectivity index (χ0n) is 16.2. The summed E-state index contributed by atoms with van der Waals surface area (Å²) in [6, 6.07) is 8.89. The normalized spacial score (nSPS) is 13.1. The molecule has 0 atom stereocenters. The fourth-order valence-corrected chi connectivity index (χ4v) is 3.49. The topological polar surface area (TPSA) is 64.0 Å². The largest absolute Gasteiger partial charge is 0.264 e. The number of benzene rings is 1. The highest BCUT2D eigenvalue weighted by molar-refractivity contribution is 7.92. The third-order valence-corrected chi connectivity index (χ3v) is 6.09. The fourth-order valence-electron chi connectivity index (χ4n) is 2.42.